The lowest BCUT2D eigenvalue weighted by Gasteiger charge is -2.10. The summed E-state index contributed by atoms with van der Waals surface area (Å²) in [5.41, 5.74) is -0.340. The van der Waals surface area contributed by atoms with Gasteiger partial charge < -0.3 is 9.47 Å². The number of halogens is 2. The molecule has 2 aromatic carbocycles. The standard InChI is InChI=1S/C19H15F2NO3/c20-14-10-15(21)12-16(11-14)22-7-6-18(13-19(22)23)25-9-8-24-17-4-2-1-3-5-17/h1-7,10-13H,8-9H2. The molecule has 1 aromatic heterocycles. The van der Waals surface area contributed by atoms with Crippen LogP contribution < -0.4 is 15.0 Å². The fraction of sp³-hybridized carbons (Fsp3) is 0.105. The van der Waals surface area contributed by atoms with Gasteiger partial charge in [-0.15, -0.1) is 0 Å². The zero-order chi connectivity index (χ0) is 17.6. The van der Waals surface area contributed by atoms with Crippen molar-refractivity contribution in [3.05, 3.63) is 88.8 Å². The predicted octanol–water partition coefficient (Wildman–Crippen LogP) is 3.57. The van der Waals surface area contributed by atoms with Crippen LogP contribution in [0, 0.1) is 11.6 Å². The van der Waals surface area contributed by atoms with Gasteiger partial charge in [0.25, 0.3) is 5.56 Å². The molecule has 25 heavy (non-hydrogen) atoms. The molecule has 128 valence electrons. The highest BCUT2D eigenvalue weighted by Crippen LogP contribution is 2.13. The molecule has 0 amide bonds. The Morgan fingerprint density at radius 3 is 2.08 bits per heavy atom. The summed E-state index contributed by atoms with van der Waals surface area (Å²) in [6.07, 6.45) is 1.41. The van der Waals surface area contributed by atoms with Crippen molar-refractivity contribution in [2.24, 2.45) is 0 Å². The van der Waals surface area contributed by atoms with E-state index in [2.05, 4.69) is 0 Å². The highest BCUT2D eigenvalue weighted by molar-refractivity contribution is 5.34. The molecular formula is C19H15F2NO3. The summed E-state index contributed by atoms with van der Waals surface area (Å²) in [5, 5.41) is 0. The van der Waals surface area contributed by atoms with Crippen molar-refractivity contribution in [3.63, 3.8) is 0 Å². The second kappa shape index (κ2) is 7.61. The van der Waals surface area contributed by atoms with Gasteiger partial charge in [-0.2, -0.15) is 0 Å². The average Bonchev–Trinajstić information content (AvgIpc) is 2.59. The third-order valence-electron chi connectivity index (χ3n) is 3.38. The fourth-order valence-corrected chi connectivity index (χ4v) is 2.28. The molecule has 0 spiro atoms. The molecule has 0 fully saturated rings. The molecule has 3 aromatic rings. The lowest BCUT2D eigenvalue weighted by molar-refractivity contribution is 0.217. The quantitative estimate of drug-likeness (QED) is 0.643. The zero-order valence-electron chi connectivity index (χ0n) is 13.2. The van der Waals surface area contributed by atoms with Crippen molar-refractivity contribution in [1.82, 2.24) is 4.57 Å². The minimum atomic E-state index is -0.750. The fourth-order valence-electron chi connectivity index (χ4n) is 2.28. The van der Waals surface area contributed by atoms with Gasteiger partial charge in [0.2, 0.25) is 0 Å². The van der Waals surface area contributed by atoms with E-state index in [1.54, 1.807) is 6.07 Å². The summed E-state index contributed by atoms with van der Waals surface area (Å²) in [5.74, 6) is -0.412. The van der Waals surface area contributed by atoms with Crippen molar-refractivity contribution in [2.75, 3.05) is 13.2 Å². The Labute approximate surface area is 142 Å². The Hall–Kier alpha value is -3.15. The van der Waals surface area contributed by atoms with Crippen molar-refractivity contribution in [3.8, 4) is 17.2 Å². The summed E-state index contributed by atoms with van der Waals surface area (Å²) >= 11 is 0. The second-order valence-corrected chi connectivity index (χ2v) is 5.21. The summed E-state index contributed by atoms with van der Waals surface area (Å²) in [7, 11) is 0. The van der Waals surface area contributed by atoms with Crippen LogP contribution in [0.3, 0.4) is 0 Å². The van der Waals surface area contributed by atoms with Gasteiger partial charge in [0.1, 0.15) is 36.3 Å². The first-order chi connectivity index (χ1) is 12.1. The van der Waals surface area contributed by atoms with Crippen LogP contribution in [-0.4, -0.2) is 17.8 Å². The smallest absolute Gasteiger partial charge is 0.258 e. The largest absolute Gasteiger partial charge is 0.490 e. The molecule has 0 aliphatic carbocycles. The van der Waals surface area contributed by atoms with E-state index in [0.29, 0.717) is 12.4 Å². The molecule has 4 nitrogen and oxygen atoms in total. The van der Waals surface area contributed by atoms with Crippen LogP contribution in [-0.2, 0) is 0 Å². The van der Waals surface area contributed by atoms with E-state index in [1.807, 2.05) is 30.3 Å². The summed E-state index contributed by atoms with van der Waals surface area (Å²) in [6.45, 7) is 0.579. The van der Waals surface area contributed by atoms with E-state index >= 15 is 0 Å². The Bertz CT molecular complexity index is 890. The van der Waals surface area contributed by atoms with Gasteiger partial charge in [0.05, 0.1) is 5.69 Å². The molecule has 0 atom stereocenters. The average molecular weight is 343 g/mol. The van der Waals surface area contributed by atoms with Crippen molar-refractivity contribution >= 4 is 0 Å². The highest BCUT2D eigenvalue weighted by Gasteiger charge is 2.06. The highest BCUT2D eigenvalue weighted by atomic mass is 19.1. The van der Waals surface area contributed by atoms with E-state index in [4.69, 9.17) is 9.47 Å². The number of pyridine rings is 1. The normalized spacial score (nSPS) is 10.5. The molecule has 0 N–H and O–H groups in total. The number of ether oxygens (including phenoxy) is 2. The maximum atomic E-state index is 13.3. The third kappa shape index (κ3) is 4.44. The molecule has 0 saturated carbocycles. The van der Waals surface area contributed by atoms with E-state index in [1.165, 1.54) is 12.3 Å². The molecule has 6 heteroatoms. The second-order valence-electron chi connectivity index (χ2n) is 5.21. The van der Waals surface area contributed by atoms with Gasteiger partial charge in [-0.05, 0) is 30.3 Å². The van der Waals surface area contributed by atoms with E-state index < -0.39 is 17.2 Å². The van der Waals surface area contributed by atoms with Crippen LogP contribution in [0.15, 0.2) is 71.7 Å². The predicted molar refractivity (Wildman–Crippen MR) is 89.4 cm³/mol. The lowest BCUT2D eigenvalue weighted by Crippen LogP contribution is -2.18. The van der Waals surface area contributed by atoms with Crippen molar-refractivity contribution in [2.45, 2.75) is 0 Å². The molecule has 0 aliphatic heterocycles. The SMILES string of the molecule is O=c1cc(OCCOc2ccccc2)ccn1-c1cc(F)cc(F)c1. The Morgan fingerprint density at radius 2 is 1.44 bits per heavy atom. The van der Waals surface area contributed by atoms with Gasteiger partial charge in [-0.25, -0.2) is 8.78 Å². The van der Waals surface area contributed by atoms with Crippen LogP contribution in [0.2, 0.25) is 0 Å². The molecule has 3 rings (SSSR count). The zero-order valence-corrected chi connectivity index (χ0v) is 13.2. The van der Waals surface area contributed by atoms with Gasteiger partial charge in [0, 0.05) is 18.3 Å². The molecule has 0 aliphatic rings. The minimum absolute atomic E-state index is 0.112. The van der Waals surface area contributed by atoms with Crippen molar-refractivity contribution in [1.29, 1.82) is 0 Å². The van der Waals surface area contributed by atoms with Gasteiger partial charge in [-0.3, -0.25) is 9.36 Å². The third-order valence-corrected chi connectivity index (χ3v) is 3.38. The summed E-state index contributed by atoms with van der Waals surface area (Å²) in [4.78, 5) is 12.1. The van der Waals surface area contributed by atoms with Crippen LogP contribution >= 0.6 is 0 Å². The number of hydrogen-bond acceptors (Lipinski definition) is 3. The van der Waals surface area contributed by atoms with Crippen LogP contribution in [0.25, 0.3) is 5.69 Å². The first kappa shape index (κ1) is 16.7. The maximum absolute atomic E-state index is 13.3. The number of rotatable bonds is 6. The molecule has 0 bridgehead atoms. The molecule has 0 unspecified atom stereocenters. The van der Waals surface area contributed by atoms with E-state index in [-0.39, 0.29) is 12.3 Å². The first-order valence-corrected chi connectivity index (χ1v) is 7.62. The van der Waals surface area contributed by atoms with Crippen LogP contribution in [0.1, 0.15) is 0 Å². The monoisotopic (exact) mass is 343 g/mol. The summed E-state index contributed by atoms with van der Waals surface area (Å²) in [6, 6.07) is 15.0. The number of aromatic nitrogens is 1. The van der Waals surface area contributed by atoms with Crippen LogP contribution in [0.5, 0.6) is 11.5 Å². The topological polar surface area (TPSA) is 40.5 Å². The van der Waals surface area contributed by atoms with Crippen LogP contribution in [0.4, 0.5) is 8.78 Å². The Kier molecular flexibility index (Phi) is 5.09. The van der Waals surface area contributed by atoms with Gasteiger partial charge in [0.15, 0.2) is 0 Å². The van der Waals surface area contributed by atoms with Crippen molar-refractivity contribution < 1.29 is 18.3 Å². The number of hydrogen-bond donors (Lipinski definition) is 0. The van der Waals surface area contributed by atoms with Gasteiger partial charge >= 0.3 is 0 Å². The Morgan fingerprint density at radius 1 is 0.800 bits per heavy atom. The molecule has 0 radical (unpaired) electrons. The Balaban J connectivity index is 1.63. The van der Waals surface area contributed by atoms with Gasteiger partial charge in [-0.1, -0.05) is 18.2 Å². The number of para-hydroxylation sites is 1. The minimum Gasteiger partial charge on any atom is -0.490 e. The first-order valence-electron chi connectivity index (χ1n) is 7.62. The van der Waals surface area contributed by atoms with E-state index in [0.717, 1.165) is 28.5 Å². The number of nitrogens with zero attached hydrogens (tertiary/aromatic N) is 1. The molecular weight excluding hydrogens is 328 g/mol. The summed E-state index contributed by atoms with van der Waals surface area (Å²) < 4.78 is 38.6. The molecule has 1 heterocycles. The number of benzene rings is 2. The van der Waals surface area contributed by atoms with E-state index in [9.17, 15) is 13.6 Å². The maximum Gasteiger partial charge on any atom is 0.258 e. The lowest BCUT2D eigenvalue weighted by atomic mass is 10.3. The molecule has 0 saturated heterocycles.